The highest BCUT2D eigenvalue weighted by Gasteiger charge is 2.26. The number of rotatable bonds is 4. The maximum atomic E-state index is 12.8. The van der Waals surface area contributed by atoms with Crippen molar-refractivity contribution in [3.8, 4) is 5.75 Å². The molecule has 1 saturated heterocycles. The Labute approximate surface area is 146 Å². The maximum Gasteiger partial charge on any atom is 0.345 e. The zero-order chi connectivity index (χ0) is 17.8. The molecule has 2 aromatic rings. The molecule has 132 valence electrons. The van der Waals surface area contributed by atoms with Gasteiger partial charge in [-0.3, -0.25) is 4.79 Å². The molecule has 0 spiro atoms. The van der Waals surface area contributed by atoms with Crippen LogP contribution >= 0.6 is 0 Å². The number of aryl methyl sites for hydroxylation is 1. The zero-order valence-electron chi connectivity index (χ0n) is 14.6. The molecular weight excluding hydrogens is 318 g/mol. The van der Waals surface area contributed by atoms with E-state index in [1.165, 1.54) is 6.20 Å². The Bertz CT molecular complexity index is 816. The summed E-state index contributed by atoms with van der Waals surface area (Å²) in [6, 6.07) is 7.70. The number of benzene rings is 1. The predicted octanol–water partition coefficient (Wildman–Crippen LogP) is 2.04. The van der Waals surface area contributed by atoms with E-state index < -0.39 is 0 Å². The fourth-order valence-electron chi connectivity index (χ4n) is 3.40. The normalized spacial score (nSPS) is 17.4. The predicted molar refractivity (Wildman–Crippen MR) is 94.8 cm³/mol. The standard InChI is InChI=1S/C19H23N3O3/c1-13-5-6-17(25-2)15(10-13)11-18(23)22-9-3-4-14(12-22)16-7-8-20-19(24)21-16/h5-8,10,14H,3-4,9,11-12H2,1-2H3,(H,20,21,24)/t14-/m1/s1. The lowest BCUT2D eigenvalue weighted by molar-refractivity contribution is -0.131. The monoisotopic (exact) mass is 341 g/mol. The summed E-state index contributed by atoms with van der Waals surface area (Å²) in [5.74, 6) is 0.976. The second kappa shape index (κ2) is 7.51. The molecule has 2 heterocycles. The second-order valence-corrected chi connectivity index (χ2v) is 6.50. The molecule has 25 heavy (non-hydrogen) atoms. The highest BCUT2D eigenvalue weighted by Crippen LogP contribution is 2.26. The van der Waals surface area contributed by atoms with Gasteiger partial charge in [-0.2, -0.15) is 0 Å². The number of piperidine rings is 1. The third kappa shape index (κ3) is 4.07. The van der Waals surface area contributed by atoms with Crippen LogP contribution in [-0.4, -0.2) is 41.0 Å². The number of methoxy groups -OCH3 is 1. The van der Waals surface area contributed by atoms with E-state index in [9.17, 15) is 9.59 Å². The van der Waals surface area contributed by atoms with Gasteiger partial charge in [0.25, 0.3) is 0 Å². The van der Waals surface area contributed by atoms with Crippen LogP contribution in [0, 0.1) is 6.92 Å². The molecule has 0 radical (unpaired) electrons. The SMILES string of the molecule is COc1ccc(C)cc1CC(=O)N1CCC[C@@H](c2ccnc(=O)[nH]2)C1. The summed E-state index contributed by atoms with van der Waals surface area (Å²) in [7, 11) is 1.62. The molecule has 0 saturated carbocycles. The molecule has 1 aliphatic heterocycles. The summed E-state index contributed by atoms with van der Waals surface area (Å²) in [4.78, 5) is 32.5. The van der Waals surface area contributed by atoms with Crippen LogP contribution in [0.4, 0.5) is 0 Å². The number of hydrogen-bond donors (Lipinski definition) is 1. The van der Waals surface area contributed by atoms with Gasteiger partial charge in [0.05, 0.1) is 13.5 Å². The first-order chi connectivity index (χ1) is 12.1. The Morgan fingerprint density at radius 1 is 1.40 bits per heavy atom. The van der Waals surface area contributed by atoms with Crippen LogP contribution in [0.5, 0.6) is 5.75 Å². The van der Waals surface area contributed by atoms with Gasteiger partial charge in [-0.25, -0.2) is 9.78 Å². The average molecular weight is 341 g/mol. The van der Waals surface area contributed by atoms with Crippen molar-refractivity contribution in [2.24, 2.45) is 0 Å². The summed E-state index contributed by atoms with van der Waals surface area (Å²) < 4.78 is 5.37. The highest BCUT2D eigenvalue weighted by atomic mass is 16.5. The summed E-state index contributed by atoms with van der Waals surface area (Å²) in [5.41, 5.74) is 2.53. The van der Waals surface area contributed by atoms with Crippen molar-refractivity contribution in [2.45, 2.75) is 32.1 Å². The van der Waals surface area contributed by atoms with Gasteiger partial charge in [0, 0.05) is 36.5 Å². The molecule has 1 atom stereocenters. The zero-order valence-corrected chi connectivity index (χ0v) is 14.6. The summed E-state index contributed by atoms with van der Waals surface area (Å²) in [5, 5.41) is 0. The van der Waals surface area contributed by atoms with Gasteiger partial charge in [0.2, 0.25) is 5.91 Å². The van der Waals surface area contributed by atoms with Gasteiger partial charge in [0.15, 0.2) is 0 Å². The van der Waals surface area contributed by atoms with E-state index in [4.69, 9.17) is 4.74 Å². The Balaban J connectivity index is 1.72. The van der Waals surface area contributed by atoms with Crippen LogP contribution in [0.3, 0.4) is 0 Å². The number of hydrogen-bond acceptors (Lipinski definition) is 4. The number of H-pyrrole nitrogens is 1. The molecule has 3 rings (SSSR count). The molecule has 1 aromatic carbocycles. The number of likely N-dealkylation sites (tertiary alicyclic amines) is 1. The van der Waals surface area contributed by atoms with Gasteiger partial charge in [-0.1, -0.05) is 17.7 Å². The Morgan fingerprint density at radius 3 is 3.00 bits per heavy atom. The summed E-state index contributed by atoms with van der Waals surface area (Å²) >= 11 is 0. The molecular formula is C19H23N3O3. The van der Waals surface area contributed by atoms with Crippen molar-refractivity contribution in [1.82, 2.24) is 14.9 Å². The Hall–Kier alpha value is -2.63. The van der Waals surface area contributed by atoms with Gasteiger partial charge < -0.3 is 14.6 Å². The maximum absolute atomic E-state index is 12.8. The number of nitrogens with zero attached hydrogens (tertiary/aromatic N) is 2. The first-order valence-corrected chi connectivity index (χ1v) is 8.53. The molecule has 1 N–H and O–H groups in total. The van der Waals surface area contributed by atoms with Gasteiger partial charge >= 0.3 is 5.69 Å². The molecule has 0 aliphatic carbocycles. The van der Waals surface area contributed by atoms with Gasteiger partial charge in [-0.15, -0.1) is 0 Å². The lowest BCUT2D eigenvalue weighted by Crippen LogP contribution is -2.40. The van der Waals surface area contributed by atoms with E-state index in [0.717, 1.165) is 42.0 Å². The van der Waals surface area contributed by atoms with E-state index in [1.54, 1.807) is 7.11 Å². The molecule has 0 bridgehead atoms. The molecule has 1 amide bonds. The second-order valence-electron chi connectivity index (χ2n) is 6.50. The molecule has 6 heteroatoms. The van der Waals surface area contributed by atoms with E-state index in [-0.39, 0.29) is 17.5 Å². The van der Waals surface area contributed by atoms with Crippen molar-refractivity contribution in [2.75, 3.05) is 20.2 Å². The molecule has 1 aliphatic rings. The quantitative estimate of drug-likeness (QED) is 0.923. The topological polar surface area (TPSA) is 75.3 Å². The number of carbonyl (C=O) groups excluding carboxylic acids is 1. The van der Waals surface area contributed by atoms with Crippen LogP contribution < -0.4 is 10.4 Å². The summed E-state index contributed by atoms with van der Waals surface area (Å²) in [6.07, 6.45) is 3.72. The molecule has 0 unspecified atom stereocenters. The Kier molecular flexibility index (Phi) is 5.16. The number of nitrogens with one attached hydrogen (secondary N) is 1. The van der Waals surface area contributed by atoms with Crippen LogP contribution in [-0.2, 0) is 11.2 Å². The smallest absolute Gasteiger partial charge is 0.345 e. The number of carbonyl (C=O) groups is 1. The van der Waals surface area contributed by atoms with Crippen molar-refractivity contribution < 1.29 is 9.53 Å². The Morgan fingerprint density at radius 2 is 2.24 bits per heavy atom. The van der Waals surface area contributed by atoms with Gasteiger partial charge in [0.1, 0.15) is 5.75 Å². The van der Waals surface area contributed by atoms with Crippen molar-refractivity contribution in [3.05, 3.63) is 57.8 Å². The fraction of sp³-hybridized carbons (Fsp3) is 0.421. The van der Waals surface area contributed by atoms with Crippen LogP contribution in [0.1, 0.15) is 35.6 Å². The number of aromatic amines is 1. The highest BCUT2D eigenvalue weighted by molar-refractivity contribution is 5.79. The van der Waals surface area contributed by atoms with Crippen LogP contribution in [0.25, 0.3) is 0 Å². The lowest BCUT2D eigenvalue weighted by Gasteiger charge is -2.33. The van der Waals surface area contributed by atoms with Crippen LogP contribution in [0.2, 0.25) is 0 Å². The van der Waals surface area contributed by atoms with Crippen molar-refractivity contribution in [3.63, 3.8) is 0 Å². The molecule has 6 nitrogen and oxygen atoms in total. The van der Waals surface area contributed by atoms with E-state index in [1.807, 2.05) is 36.1 Å². The minimum atomic E-state index is -0.342. The fourth-order valence-corrected chi connectivity index (χ4v) is 3.40. The first-order valence-electron chi connectivity index (χ1n) is 8.53. The van der Waals surface area contributed by atoms with E-state index in [0.29, 0.717) is 13.0 Å². The third-order valence-electron chi connectivity index (χ3n) is 4.69. The minimum Gasteiger partial charge on any atom is -0.496 e. The van der Waals surface area contributed by atoms with Gasteiger partial charge in [-0.05, 0) is 31.9 Å². The number of ether oxygens (including phenoxy) is 1. The van der Waals surface area contributed by atoms with E-state index in [2.05, 4.69) is 9.97 Å². The largest absolute Gasteiger partial charge is 0.496 e. The summed E-state index contributed by atoms with van der Waals surface area (Å²) in [6.45, 7) is 3.37. The number of aromatic nitrogens is 2. The van der Waals surface area contributed by atoms with Crippen LogP contribution in [0.15, 0.2) is 35.3 Å². The van der Waals surface area contributed by atoms with Crippen molar-refractivity contribution in [1.29, 1.82) is 0 Å². The third-order valence-corrected chi connectivity index (χ3v) is 4.69. The molecule has 1 aromatic heterocycles. The lowest BCUT2D eigenvalue weighted by atomic mass is 9.94. The minimum absolute atomic E-state index is 0.0880. The van der Waals surface area contributed by atoms with E-state index >= 15 is 0 Å². The molecule has 1 fully saturated rings. The van der Waals surface area contributed by atoms with Crippen molar-refractivity contribution >= 4 is 5.91 Å². The first kappa shape index (κ1) is 17.2. The average Bonchev–Trinajstić information content (AvgIpc) is 2.62. The number of amides is 1.